The molecule has 0 saturated heterocycles. The molecule has 14 heavy (non-hydrogen) atoms. The number of aromatic nitrogens is 1. The molecule has 0 saturated carbocycles. The Hall–Kier alpha value is -0.610. The van der Waals surface area contributed by atoms with Crippen molar-refractivity contribution < 1.29 is 4.79 Å². The van der Waals surface area contributed by atoms with Gasteiger partial charge in [0.25, 0.3) is 5.91 Å². The molecule has 1 heterocycles. The Labute approximate surface area is 92.5 Å². The third kappa shape index (κ3) is 4.07. The van der Waals surface area contributed by atoms with E-state index in [-0.39, 0.29) is 11.3 Å². The molecule has 0 aliphatic heterocycles. The van der Waals surface area contributed by atoms with Gasteiger partial charge in [0.15, 0.2) is 0 Å². The molecule has 0 spiro atoms. The van der Waals surface area contributed by atoms with E-state index in [2.05, 4.69) is 10.3 Å². The maximum Gasteiger partial charge on any atom is 0.262 e. The molecule has 1 aromatic rings. The topological polar surface area (TPSA) is 42.0 Å². The van der Waals surface area contributed by atoms with Crippen molar-refractivity contribution in [3.63, 3.8) is 0 Å². The summed E-state index contributed by atoms with van der Waals surface area (Å²) >= 11 is 7.12. The second-order valence-corrected chi connectivity index (χ2v) is 4.68. The van der Waals surface area contributed by atoms with E-state index in [0.29, 0.717) is 11.4 Å². The molecule has 1 aromatic heterocycles. The fourth-order valence-corrected chi connectivity index (χ4v) is 1.69. The normalized spacial score (nSPS) is 12.4. The highest BCUT2D eigenvalue weighted by Gasteiger charge is 2.05. The molecule has 78 valence electrons. The summed E-state index contributed by atoms with van der Waals surface area (Å²) in [6, 6.07) is 0. The van der Waals surface area contributed by atoms with Gasteiger partial charge >= 0.3 is 0 Å². The predicted octanol–water partition coefficient (Wildman–Crippen LogP) is 2.28. The molecule has 1 atom stereocenters. The first-order chi connectivity index (χ1) is 6.70. The first-order valence-corrected chi connectivity index (χ1v) is 5.82. The van der Waals surface area contributed by atoms with Crippen molar-refractivity contribution in [1.29, 1.82) is 0 Å². The van der Waals surface area contributed by atoms with Gasteiger partial charge in [0.05, 0.1) is 11.7 Å². The Balaban J connectivity index is 2.16. The molecular weight excluding hydrogens is 220 g/mol. The molecule has 1 unspecified atom stereocenters. The zero-order valence-corrected chi connectivity index (χ0v) is 9.57. The summed E-state index contributed by atoms with van der Waals surface area (Å²) in [4.78, 5) is 15.9. The third-order valence-corrected chi connectivity index (χ3v) is 2.71. The Morgan fingerprint density at radius 1 is 1.79 bits per heavy atom. The molecule has 1 amide bonds. The van der Waals surface area contributed by atoms with Gasteiger partial charge in [-0.2, -0.15) is 0 Å². The molecular formula is C9H13ClN2OS. The summed E-state index contributed by atoms with van der Waals surface area (Å²) in [5.41, 5.74) is 1.65. The summed E-state index contributed by atoms with van der Waals surface area (Å²) in [5.74, 6) is -0.0466. The Morgan fingerprint density at radius 3 is 3.14 bits per heavy atom. The SMILES string of the molecule is CC(Cl)CCCNC(=O)c1cncs1. The lowest BCUT2D eigenvalue weighted by Gasteiger charge is -2.04. The molecule has 3 nitrogen and oxygen atoms in total. The molecule has 0 bridgehead atoms. The quantitative estimate of drug-likeness (QED) is 0.625. The van der Waals surface area contributed by atoms with E-state index in [0.717, 1.165) is 12.8 Å². The molecule has 0 aliphatic carbocycles. The van der Waals surface area contributed by atoms with Gasteiger partial charge in [-0.3, -0.25) is 9.78 Å². The van der Waals surface area contributed by atoms with Crippen LogP contribution in [-0.4, -0.2) is 22.8 Å². The fraction of sp³-hybridized carbons (Fsp3) is 0.556. The summed E-state index contributed by atoms with van der Waals surface area (Å²) in [6.45, 7) is 2.63. The van der Waals surface area contributed by atoms with Crippen LogP contribution in [0.15, 0.2) is 11.7 Å². The number of hydrogen-bond acceptors (Lipinski definition) is 3. The fourth-order valence-electron chi connectivity index (χ4n) is 1.00. The van der Waals surface area contributed by atoms with Crippen LogP contribution in [-0.2, 0) is 0 Å². The molecule has 1 N–H and O–H groups in total. The van der Waals surface area contributed by atoms with E-state index in [1.165, 1.54) is 11.3 Å². The van der Waals surface area contributed by atoms with E-state index >= 15 is 0 Å². The summed E-state index contributed by atoms with van der Waals surface area (Å²) in [7, 11) is 0. The number of carbonyl (C=O) groups is 1. The largest absolute Gasteiger partial charge is 0.351 e. The van der Waals surface area contributed by atoms with Crippen molar-refractivity contribution in [3.8, 4) is 0 Å². The number of nitrogens with zero attached hydrogens (tertiary/aromatic N) is 1. The molecule has 1 rings (SSSR count). The van der Waals surface area contributed by atoms with Gasteiger partial charge in [-0.25, -0.2) is 0 Å². The molecule has 5 heteroatoms. The lowest BCUT2D eigenvalue weighted by molar-refractivity contribution is 0.0957. The average molecular weight is 233 g/mol. The summed E-state index contributed by atoms with van der Waals surface area (Å²) in [5, 5.41) is 2.99. The summed E-state index contributed by atoms with van der Waals surface area (Å²) in [6.07, 6.45) is 3.41. The maximum absolute atomic E-state index is 11.4. The van der Waals surface area contributed by atoms with Gasteiger partial charge < -0.3 is 5.32 Å². The van der Waals surface area contributed by atoms with Crippen molar-refractivity contribution in [3.05, 3.63) is 16.6 Å². The van der Waals surface area contributed by atoms with Gasteiger partial charge in [0.1, 0.15) is 4.88 Å². The van der Waals surface area contributed by atoms with Gasteiger partial charge in [0, 0.05) is 11.9 Å². The van der Waals surface area contributed by atoms with E-state index in [1.807, 2.05) is 6.92 Å². The monoisotopic (exact) mass is 232 g/mol. The van der Waals surface area contributed by atoms with Crippen molar-refractivity contribution in [2.45, 2.75) is 25.1 Å². The minimum atomic E-state index is -0.0466. The van der Waals surface area contributed by atoms with Crippen LogP contribution in [0.3, 0.4) is 0 Å². The van der Waals surface area contributed by atoms with Gasteiger partial charge in [-0.05, 0) is 19.8 Å². The number of amides is 1. The zero-order chi connectivity index (χ0) is 10.4. The van der Waals surface area contributed by atoms with E-state index in [4.69, 9.17) is 11.6 Å². The van der Waals surface area contributed by atoms with Crippen LogP contribution in [0.1, 0.15) is 29.4 Å². The molecule has 0 fully saturated rings. The van der Waals surface area contributed by atoms with Crippen LogP contribution in [0.5, 0.6) is 0 Å². The number of rotatable bonds is 5. The first kappa shape index (κ1) is 11.5. The lowest BCUT2D eigenvalue weighted by Crippen LogP contribution is -2.23. The standard InChI is InChI=1S/C9H13ClN2OS/c1-7(10)3-2-4-12-9(13)8-5-11-6-14-8/h5-7H,2-4H2,1H3,(H,12,13). The second-order valence-electron chi connectivity index (χ2n) is 3.04. The van der Waals surface area contributed by atoms with Gasteiger partial charge in [-0.1, -0.05) is 0 Å². The minimum absolute atomic E-state index is 0.0466. The maximum atomic E-state index is 11.4. The third-order valence-electron chi connectivity index (χ3n) is 1.72. The van der Waals surface area contributed by atoms with Crippen molar-refractivity contribution in [1.82, 2.24) is 10.3 Å². The number of carbonyl (C=O) groups excluding carboxylic acids is 1. The number of nitrogens with one attached hydrogen (secondary N) is 1. The number of halogens is 1. The van der Waals surface area contributed by atoms with Crippen molar-refractivity contribution in [2.75, 3.05) is 6.54 Å². The number of alkyl halides is 1. The van der Waals surface area contributed by atoms with Crippen molar-refractivity contribution in [2.24, 2.45) is 0 Å². The van der Waals surface area contributed by atoms with Gasteiger partial charge in [0.2, 0.25) is 0 Å². The molecule has 0 radical (unpaired) electrons. The van der Waals surface area contributed by atoms with Crippen LogP contribution in [0.4, 0.5) is 0 Å². The average Bonchev–Trinajstić information content (AvgIpc) is 2.64. The van der Waals surface area contributed by atoms with Crippen LogP contribution in [0.25, 0.3) is 0 Å². The first-order valence-electron chi connectivity index (χ1n) is 4.51. The van der Waals surface area contributed by atoms with Crippen LogP contribution in [0, 0.1) is 0 Å². The highest BCUT2D eigenvalue weighted by Crippen LogP contribution is 2.05. The van der Waals surface area contributed by atoms with Crippen LogP contribution >= 0.6 is 22.9 Å². The predicted molar refractivity (Wildman–Crippen MR) is 59.0 cm³/mol. The Bertz CT molecular complexity index is 274. The van der Waals surface area contributed by atoms with Crippen molar-refractivity contribution >= 4 is 28.8 Å². The minimum Gasteiger partial charge on any atom is -0.351 e. The Morgan fingerprint density at radius 2 is 2.57 bits per heavy atom. The van der Waals surface area contributed by atoms with Crippen LogP contribution in [0.2, 0.25) is 0 Å². The smallest absolute Gasteiger partial charge is 0.262 e. The highest BCUT2D eigenvalue weighted by molar-refractivity contribution is 7.11. The second kappa shape index (κ2) is 5.98. The number of thiazole rings is 1. The van der Waals surface area contributed by atoms with Crippen LogP contribution < -0.4 is 5.32 Å². The summed E-state index contributed by atoms with van der Waals surface area (Å²) < 4.78 is 0. The van der Waals surface area contributed by atoms with E-state index in [1.54, 1.807) is 11.7 Å². The Kier molecular flexibility index (Phi) is 4.90. The molecule has 0 aliphatic rings. The van der Waals surface area contributed by atoms with Gasteiger partial charge in [-0.15, -0.1) is 22.9 Å². The lowest BCUT2D eigenvalue weighted by atomic mass is 10.2. The molecule has 0 aromatic carbocycles. The number of hydrogen-bond donors (Lipinski definition) is 1. The highest BCUT2D eigenvalue weighted by atomic mass is 35.5. The zero-order valence-electron chi connectivity index (χ0n) is 8.00. The van der Waals surface area contributed by atoms with E-state index < -0.39 is 0 Å². The van der Waals surface area contributed by atoms with E-state index in [9.17, 15) is 4.79 Å².